The first kappa shape index (κ1) is 10.4. The van der Waals surface area contributed by atoms with E-state index in [4.69, 9.17) is 4.74 Å². The van der Waals surface area contributed by atoms with Crippen LogP contribution in [0.3, 0.4) is 0 Å². The first-order valence-electron chi connectivity index (χ1n) is 5.33. The fourth-order valence-electron chi connectivity index (χ4n) is 2.07. The molecule has 0 aliphatic carbocycles. The monoisotopic (exact) mass is 209 g/mol. The van der Waals surface area contributed by atoms with E-state index in [9.17, 15) is 4.39 Å². The van der Waals surface area contributed by atoms with Gasteiger partial charge in [-0.15, -0.1) is 0 Å². The second-order valence-corrected chi connectivity index (χ2v) is 3.85. The number of hydrogen-bond donors (Lipinski definition) is 1. The smallest absolute Gasteiger partial charge is 0.144 e. The molecule has 1 aliphatic heterocycles. The summed E-state index contributed by atoms with van der Waals surface area (Å²) in [4.78, 5) is 0. The average molecular weight is 209 g/mol. The van der Waals surface area contributed by atoms with Crippen LogP contribution < -0.4 is 10.1 Å². The lowest BCUT2D eigenvalue weighted by Crippen LogP contribution is -2.26. The van der Waals surface area contributed by atoms with Gasteiger partial charge >= 0.3 is 0 Å². The predicted octanol–water partition coefficient (Wildman–Crippen LogP) is 2.46. The molecule has 0 bridgehead atoms. The highest BCUT2D eigenvalue weighted by Crippen LogP contribution is 2.32. The summed E-state index contributed by atoms with van der Waals surface area (Å²) in [6.07, 6.45) is 0.989. The molecule has 0 aromatic heterocycles. The van der Waals surface area contributed by atoms with E-state index >= 15 is 0 Å². The lowest BCUT2D eigenvalue weighted by atomic mass is 10.0. The molecule has 1 saturated heterocycles. The maximum Gasteiger partial charge on any atom is 0.144 e. The molecule has 1 aliphatic rings. The molecule has 2 rings (SSSR count). The lowest BCUT2D eigenvalue weighted by Gasteiger charge is -2.18. The van der Waals surface area contributed by atoms with Crippen LogP contribution >= 0.6 is 0 Å². The second-order valence-electron chi connectivity index (χ2n) is 3.85. The van der Waals surface area contributed by atoms with E-state index in [1.54, 1.807) is 19.2 Å². The largest absolute Gasteiger partial charge is 0.496 e. The molecule has 2 nitrogen and oxygen atoms in total. The molecule has 0 spiro atoms. The van der Waals surface area contributed by atoms with Gasteiger partial charge in [0.25, 0.3) is 0 Å². The summed E-state index contributed by atoms with van der Waals surface area (Å²) in [5.74, 6) is 0.638. The minimum Gasteiger partial charge on any atom is -0.496 e. The van der Waals surface area contributed by atoms with E-state index in [1.165, 1.54) is 0 Å². The van der Waals surface area contributed by atoms with Gasteiger partial charge in [-0.3, -0.25) is 0 Å². The van der Waals surface area contributed by atoms with Crippen LogP contribution in [0.2, 0.25) is 0 Å². The second kappa shape index (κ2) is 4.62. The van der Waals surface area contributed by atoms with Crippen molar-refractivity contribution in [3.63, 3.8) is 0 Å². The minimum absolute atomic E-state index is 0.0544. The van der Waals surface area contributed by atoms with Crippen molar-refractivity contribution in [2.75, 3.05) is 13.7 Å². The normalized spacial score (nSPS) is 22.7. The van der Waals surface area contributed by atoms with E-state index in [2.05, 4.69) is 5.32 Å². The van der Waals surface area contributed by atoms with E-state index < -0.39 is 6.17 Å². The molecule has 1 heterocycles. The molecular weight excluding hydrogens is 193 g/mol. The maximum absolute atomic E-state index is 14.1. The molecule has 1 aromatic rings. The molecule has 82 valence electrons. The van der Waals surface area contributed by atoms with Crippen molar-refractivity contribution in [3.8, 4) is 5.75 Å². The van der Waals surface area contributed by atoms with Gasteiger partial charge in [-0.05, 0) is 25.5 Å². The Morgan fingerprint density at radius 3 is 2.93 bits per heavy atom. The highest BCUT2D eigenvalue weighted by molar-refractivity contribution is 5.35. The zero-order valence-electron chi connectivity index (χ0n) is 8.87. The Kier molecular flexibility index (Phi) is 3.21. The standard InChI is InChI=1S/C12H16FNO/c1-15-11-7-3-2-5-9(11)12(13)10-6-4-8-14-10/h2-3,5,7,10,12,14H,4,6,8H2,1H3. The number of ether oxygens (including phenoxy) is 1. The zero-order valence-corrected chi connectivity index (χ0v) is 8.87. The van der Waals surface area contributed by atoms with Crippen LogP contribution in [0, 0.1) is 0 Å². The Morgan fingerprint density at radius 2 is 2.27 bits per heavy atom. The number of hydrogen-bond acceptors (Lipinski definition) is 2. The van der Waals surface area contributed by atoms with Crippen LogP contribution in [0.1, 0.15) is 24.6 Å². The van der Waals surface area contributed by atoms with Crippen molar-refractivity contribution in [3.05, 3.63) is 29.8 Å². The molecule has 2 unspecified atom stereocenters. The van der Waals surface area contributed by atoms with E-state index in [1.807, 2.05) is 12.1 Å². The number of rotatable bonds is 3. The lowest BCUT2D eigenvalue weighted by molar-refractivity contribution is 0.262. The fourth-order valence-corrected chi connectivity index (χ4v) is 2.07. The molecule has 3 heteroatoms. The molecule has 0 radical (unpaired) electrons. The van der Waals surface area contributed by atoms with E-state index in [0.29, 0.717) is 11.3 Å². The Hall–Kier alpha value is -1.09. The molecule has 0 saturated carbocycles. The summed E-state index contributed by atoms with van der Waals surface area (Å²) >= 11 is 0. The number of alkyl halides is 1. The van der Waals surface area contributed by atoms with Gasteiger partial charge in [-0.2, -0.15) is 0 Å². The van der Waals surface area contributed by atoms with Crippen molar-refractivity contribution >= 4 is 0 Å². The van der Waals surface area contributed by atoms with E-state index in [-0.39, 0.29) is 6.04 Å². The van der Waals surface area contributed by atoms with Gasteiger partial charge in [0.2, 0.25) is 0 Å². The Morgan fingerprint density at radius 1 is 1.47 bits per heavy atom. The van der Waals surface area contributed by atoms with Crippen LogP contribution in [0.15, 0.2) is 24.3 Å². The SMILES string of the molecule is COc1ccccc1C(F)C1CCCN1. The van der Waals surface area contributed by atoms with Gasteiger partial charge in [0, 0.05) is 11.6 Å². The number of methoxy groups -OCH3 is 1. The van der Waals surface area contributed by atoms with Crippen LogP contribution in [0.5, 0.6) is 5.75 Å². The van der Waals surface area contributed by atoms with Gasteiger partial charge in [0.15, 0.2) is 0 Å². The fraction of sp³-hybridized carbons (Fsp3) is 0.500. The first-order valence-corrected chi connectivity index (χ1v) is 5.33. The number of para-hydroxylation sites is 1. The molecule has 2 atom stereocenters. The van der Waals surface area contributed by atoms with Gasteiger partial charge in [-0.1, -0.05) is 18.2 Å². The van der Waals surface area contributed by atoms with Crippen LogP contribution in [-0.4, -0.2) is 19.7 Å². The Balaban J connectivity index is 2.19. The Labute approximate surface area is 89.4 Å². The molecule has 1 aromatic carbocycles. The van der Waals surface area contributed by atoms with Gasteiger partial charge < -0.3 is 10.1 Å². The van der Waals surface area contributed by atoms with Gasteiger partial charge in [-0.25, -0.2) is 4.39 Å². The van der Waals surface area contributed by atoms with Crippen molar-refractivity contribution in [2.45, 2.75) is 25.1 Å². The molecule has 15 heavy (non-hydrogen) atoms. The highest BCUT2D eigenvalue weighted by Gasteiger charge is 2.27. The minimum atomic E-state index is -0.969. The third-order valence-corrected chi connectivity index (χ3v) is 2.89. The quantitative estimate of drug-likeness (QED) is 0.825. The number of benzene rings is 1. The summed E-state index contributed by atoms with van der Waals surface area (Å²) < 4.78 is 19.3. The van der Waals surface area contributed by atoms with Crippen LogP contribution in [0.25, 0.3) is 0 Å². The molecule has 0 amide bonds. The average Bonchev–Trinajstić information content (AvgIpc) is 2.81. The molecular formula is C12H16FNO. The van der Waals surface area contributed by atoms with Gasteiger partial charge in [0.1, 0.15) is 11.9 Å². The van der Waals surface area contributed by atoms with E-state index in [0.717, 1.165) is 19.4 Å². The molecule has 1 fully saturated rings. The first-order chi connectivity index (χ1) is 7.33. The van der Waals surface area contributed by atoms with Gasteiger partial charge in [0.05, 0.1) is 7.11 Å². The summed E-state index contributed by atoms with van der Waals surface area (Å²) in [5.41, 5.74) is 0.652. The predicted molar refractivity (Wildman–Crippen MR) is 57.9 cm³/mol. The maximum atomic E-state index is 14.1. The summed E-state index contributed by atoms with van der Waals surface area (Å²) in [6.45, 7) is 0.917. The third-order valence-electron chi connectivity index (χ3n) is 2.89. The third kappa shape index (κ3) is 2.12. The van der Waals surface area contributed by atoms with Crippen molar-refractivity contribution in [1.29, 1.82) is 0 Å². The summed E-state index contributed by atoms with van der Waals surface area (Å²) in [7, 11) is 1.58. The van der Waals surface area contributed by atoms with Crippen molar-refractivity contribution in [2.24, 2.45) is 0 Å². The summed E-state index contributed by atoms with van der Waals surface area (Å²) in [6, 6.07) is 7.25. The highest BCUT2D eigenvalue weighted by atomic mass is 19.1. The summed E-state index contributed by atoms with van der Waals surface area (Å²) in [5, 5.41) is 3.18. The van der Waals surface area contributed by atoms with Crippen molar-refractivity contribution in [1.82, 2.24) is 5.32 Å². The zero-order chi connectivity index (χ0) is 10.7. The number of nitrogens with one attached hydrogen (secondary N) is 1. The van der Waals surface area contributed by atoms with Crippen LogP contribution in [-0.2, 0) is 0 Å². The topological polar surface area (TPSA) is 21.3 Å². The van der Waals surface area contributed by atoms with Crippen LogP contribution in [0.4, 0.5) is 4.39 Å². The molecule has 1 N–H and O–H groups in total. The Bertz CT molecular complexity index is 323. The van der Waals surface area contributed by atoms with Crippen molar-refractivity contribution < 1.29 is 9.13 Å². The number of halogens is 1.